The van der Waals surface area contributed by atoms with Crippen molar-refractivity contribution >= 4 is 28.8 Å². The molecule has 11 heteroatoms. The van der Waals surface area contributed by atoms with Crippen molar-refractivity contribution in [3.05, 3.63) is 218 Å². The van der Waals surface area contributed by atoms with Crippen LogP contribution in [-0.2, 0) is 33.6 Å². The van der Waals surface area contributed by atoms with Crippen LogP contribution in [0.1, 0.15) is 11.1 Å². The molecule has 61 heavy (non-hydrogen) atoms. The van der Waals surface area contributed by atoms with Gasteiger partial charge in [0.15, 0.2) is 0 Å². The molecule has 0 fully saturated rings. The number of aromatic nitrogens is 6. The van der Waals surface area contributed by atoms with Crippen molar-refractivity contribution in [1.82, 2.24) is 29.9 Å². The number of hydrogen-bond donors (Lipinski definition) is 0. The number of hydrogen-bond acceptors (Lipinski definition) is 6. The molecule has 6 nitrogen and oxygen atoms in total. The van der Waals surface area contributed by atoms with Gasteiger partial charge in [0, 0.05) is 36.2 Å². The first-order valence-electron chi connectivity index (χ1n) is 18.6. The van der Waals surface area contributed by atoms with Gasteiger partial charge < -0.3 is 4.98 Å². The van der Waals surface area contributed by atoms with Crippen molar-refractivity contribution in [2.45, 2.75) is 13.8 Å². The van der Waals surface area contributed by atoms with Crippen LogP contribution in [0.2, 0.25) is 0 Å². The second-order valence-electron chi connectivity index (χ2n) is 12.8. The zero-order valence-corrected chi connectivity index (χ0v) is 39.9. The van der Waals surface area contributed by atoms with Crippen LogP contribution in [0.5, 0.6) is 0 Å². The molecule has 9 rings (SSSR count). The minimum Gasteiger partial charge on any atom is -0.345 e. The summed E-state index contributed by atoms with van der Waals surface area (Å²) in [6, 6.07) is 63.1. The Labute approximate surface area is 388 Å². The minimum atomic E-state index is -1.92. The first-order valence-corrected chi connectivity index (χ1v) is 27.5. The normalized spacial score (nSPS) is 10.2. The predicted molar refractivity (Wildman–Crippen MR) is 242 cm³/mol. The smallest absolute Gasteiger partial charge is 0.345 e. The van der Waals surface area contributed by atoms with E-state index in [9.17, 15) is 0 Å². The zero-order chi connectivity index (χ0) is 41.9. The summed E-state index contributed by atoms with van der Waals surface area (Å²) >= 11 is -1.92. The summed E-state index contributed by atoms with van der Waals surface area (Å²) in [5, 5.41) is 0. The third kappa shape index (κ3) is 14.4. The summed E-state index contributed by atoms with van der Waals surface area (Å²) in [7, 11) is 14.9. The summed E-state index contributed by atoms with van der Waals surface area (Å²) in [6.07, 6.45) is 7.15. The molecule has 0 saturated carbocycles. The van der Waals surface area contributed by atoms with Gasteiger partial charge in [0.1, 0.15) is 0 Å². The maximum atomic E-state index is 4.97. The van der Waals surface area contributed by atoms with Crippen molar-refractivity contribution in [2.75, 3.05) is 0 Å². The Hall–Kier alpha value is -5.27. The SMILES string of the molecule is Cc1cc(C)c(-c2ccccn2)[c-]c1-c1ccccn1.[Cl][Ir]([Cl])[Cl].[Ir+3].[c-]1ccccc1-c1cccc(-c2[c-]cccc2)n1.c1ccc(-c2cccc(-c3ccccn3)n2)nc1. The molecule has 0 spiro atoms. The largest absolute Gasteiger partial charge is 3.00 e. The van der Waals surface area contributed by atoms with Gasteiger partial charge in [0.25, 0.3) is 0 Å². The van der Waals surface area contributed by atoms with Gasteiger partial charge in [0.2, 0.25) is 0 Å². The molecule has 3 aromatic carbocycles. The standard InChI is InChI=1S/C18H15N2.C17H11N.C15H11N3.3ClH.2Ir/c1-13-11-14(2)16(18-8-4-6-10-20-18)12-15(13)17-7-3-5-9-19-17;1-3-8-14(9-4-1)16-12-7-13-17(18-16)15-10-5-2-6-11-15;1-3-10-16-12(6-1)14-8-5-9-15(18-14)13-7-2-4-11-17-13;;;;;/h3-11H,1-2H3;1-8,10,12-13H;1-11H;3*1H;;/q-1;-2;;;;;2*+3/p-3. The van der Waals surface area contributed by atoms with Gasteiger partial charge in [-0.25, -0.2) is 4.98 Å². The molecule has 0 bridgehead atoms. The van der Waals surface area contributed by atoms with E-state index in [4.69, 9.17) is 28.8 Å². The third-order valence-electron chi connectivity index (χ3n) is 8.64. The zero-order valence-electron chi connectivity index (χ0n) is 32.9. The van der Waals surface area contributed by atoms with Crippen LogP contribution in [-0.4, -0.2) is 29.9 Å². The van der Waals surface area contributed by atoms with E-state index in [1.165, 1.54) is 11.1 Å². The maximum Gasteiger partial charge on any atom is 3.00 e. The molecule has 6 aromatic heterocycles. The van der Waals surface area contributed by atoms with Gasteiger partial charge in [-0.1, -0.05) is 85.6 Å². The average molecular weight is 1210 g/mol. The number of halogens is 3. The van der Waals surface area contributed by atoms with Crippen LogP contribution < -0.4 is 0 Å². The number of pyridine rings is 6. The third-order valence-corrected chi connectivity index (χ3v) is 8.64. The molecule has 0 radical (unpaired) electrons. The molecule has 0 saturated heterocycles. The molecule has 0 unspecified atom stereocenters. The van der Waals surface area contributed by atoms with E-state index >= 15 is 0 Å². The van der Waals surface area contributed by atoms with Crippen molar-refractivity contribution in [1.29, 1.82) is 0 Å². The van der Waals surface area contributed by atoms with Crippen LogP contribution in [0.4, 0.5) is 0 Å². The molecule has 0 aliphatic carbocycles. The molecule has 0 atom stereocenters. The van der Waals surface area contributed by atoms with Gasteiger partial charge >= 0.3 is 62.3 Å². The van der Waals surface area contributed by atoms with Crippen LogP contribution in [0.3, 0.4) is 0 Å². The summed E-state index contributed by atoms with van der Waals surface area (Å²) < 4.78 is 0. The molecular weight excluding hydrogens is 1180 g/mol. The molecule has 306 valence electrons. The van der Waals surface area contributed by atoms with E-state index in [1.807, 2.05) is 170 Å². The van der Waals surface area contributed by atoms with Crippen LogP contribution >= 0.6 is 28.8 Å². The van der Waals surface area contributed by atoms with Gasteiger partial charge in [-0.2, -0.15) is 0 Å². The fraction of sp³-hybridized carbons (Fsp3) is 0.0400. The Morgan fingerprint density at radius 3 is 1.07 bits per heavy atom. The number of rotatable bonds is 6. The molecule has 0 N–H and O–H groups in total. The maximum absolute atomic E-state index is 4.97. The number of benzene rings is 3. The van der Waals surface area contributed by atoms with E-state index in [0.29, 0.717) is 0 Å². The topological polar surface area (TPSA) is 77.3 Å². The van der Waals surface area contributed by atoms with Gasteiger partial charge in [0.05, 0.1) is 22.8 Å². The summed E-state index contributed by atoms with van der Waals surface area (Å²) in [6.45, 7) is 4.19. The fourth-order valence-corrected chi connectivity index (χ4v) is 5.93. The Balaban J connectivity index is 0.000000165. The van der Waals surface area contributed by atoms with E-state index in [0.717, 1.165) is 67.8 Å². The molecule has 0 aliphatic heterocycles. The van der Waals surface area contributed by atoms with Crippen molar-refractivity contribution in [3.8, 4) is 67.8 Å². The quantitative estimate of drug-likeness (QED) is 0.154. The van der Waals surface area contributed by atoms with Crippen molar-refractivity contribution < 1.29 is 33.6 Å². The van der Waals surface area contributed by atoms with Crippen molar-refractivity contribution in [2.24, 2.45) is 0 Å². The van der Waals surface area contributed by atoms with E-state index in [1.54, 1.807) is 12.4 Å². The summed E-state index contributed by atoms with van der Waals surface area (Å²) in [5.41, 5.74) is 13.7. The number of aryl methyl sites for hydroxylation is 2. The summed E-state index contributed by atoms with van der Waals surface area (Å²) in [4.78, 5) is 26.7. The van der Waals surface area contributed by atoms with E-state index < -0.39 is 13.5 Å². The fourth-order valence-electron chi connectivity index (χ4n) is 5.93. The Kier molecular flexibility index (Phi) is 19.1. The van der Waals surface area contributed by atoms with Crippen molar-refractivity contribution in [3.63, 3.8) is 0 Å². The molecule has 0 amide bonds. The first-order chi connectivity index (χ1) is 29.4. The number of nitrogens with zero attached hydrogens (tertiary/aromatic N) is 6. The minimum absolute atomic E-state index is 0. The van der Waals surface area contributed by atoms with Gasteiger partial charge in [-0.3, -0.25) is 19.9 Å². The molecular formula is C50H37Cl3Ir2N6. The predicted octanol–water partition coefficient (Wildman–Crippen LogP) is 13.5. The molecule has 9 aromatic rings. The van der Waals surface area contributed by atoms with E-state index in [-0.39, 0.29) is 20.1 Å². The molecule has 0 aliphatic rings. The Bertz CT molecular complexity index is 2360. The summed E-state index contributed by atoms with van der Waals surface area (Å²) in [5.74, 6) is 0. The molecule has 6 heterocycles. The first kappa shape index (κ1) is 46.8. The van der Waals surface area contributed by atoms with Crippen LogP contribution in [0.25, 0.3) is 67.8 Å². The Morgan fingerprint density at radius 1 is 0.393 bits per heavy atom. The second-order valence-corrected chi connectivity index (χ2v) is 23.1. The van der Waals surface area contributed by atoms with Crippen LogP contribution in [0, 0.1) is 32.0 Å². The van der Waals surface area contributed by atoms with Gasteiger partial charge in [-0.05, 0) is 59.9 Å². The Morgan fingerprint density at radius 2 is 0.721 bits per heavy atom. The monoisotopic (exact) mass is 1210 g/mol. The van der Waals surface area contributed by atoms with E-state index in [2.05, 4.69) is 68.0 Å². The van der Waals surface area contributed by atoms with Crippen LogP contribution in [0.15, 0.2) is 189 Å². The second kappa shape index (κ2) is 24.9. The average Bonchev–Trinajstić information content (AvgIpc) is 3.31. The van der Waals surface area contributed by atoms with Gasteiger partial charge in [-0.15, -0.1) is 95.1 Å².